The predicted octanol–water partition coefficient (Wildman–Crippen LogP) is 3.39. The Bertz CT molecular complexity index is 882. The Morgan fingerprint density at radius 3 is 2.96 bits per heavy atom. The van der Waals surface area contributed by atoms with E-state index in [-0.39, 0.29) is 11.3 Å². The monoisotopic (exact) mass is 339 g/mol. The second-order valence-corrected chi connectivity index (χ2v) is 7.53. The van der Waals surface area contributed by atoms with E-state index < -0.39 is 0 Å². The number of imidazole rings is 1. The smallest absolute Gasteiger partial charge is 0.289 e. The van der Waals surface area contributed by atoms with Crippen LogP contribution >= 0.6 is 11.3 Å². The van der Waals surface area contributed by atoms with E-state index in [0.29, 0.717) is 5.76 Å². The van der Waals surface area contributed by atoms with Crippen molar-refractivity contribution in [3.05, 3.63) is 53.7 Å². The van der Waals surface area contributed by atoms with E-state index in [1.807, 2.05) is 11.1 Å². The van der Waals surface area contributed by atoms with Gasteiger partial charge >= 0.3 is 0 Å². The second-order valence-electron chi connectivity index (χ2n) is 6.58. The average Bonchev–Trinajstić information content (AvgIpc) is 3.41. The molecule has 6 heteroatoms. The SMILES string of the molecule is O=C(c1ccco1)N1CC[C@]2(CCn3c(-c4cccs4)cnc32)C1. The fourth-order valence-corrected chi connectivity index (χ4v) is 4.82. The molecule has 0 bridgehead atoms. The summed E-state index contributed by atoms with van der Waals surface area (Å²) in [5, 5.41) is 2.10. The van der Waals surface area contributed by atoms with Gasteiger partial charge in [0.15, 0.2) is 5.76 Å². The minimum Gasteiger partial charge on any atom is -0.459 e. The lowest BCUT2D eigenvalue weighted by atomic mass is 9.85. The lowest BCUT2D eigenvalue weighted by molar-refractivity contribution is 0.0751. The van der Waals surface area contributed by atoms with Gasteiger partial charge in [0.1, 0.15) is 5.82 Å². The number of carbonyl (C=O) groups excluding carboxylic acids is 1. The van der Waals surface area contributed by atoms with Gasteiger partial charge in [-0.1, -0.05) is 6.07 Å². The fourth-order valence-electron chi connectivity index (χ4n) is 4.07. The van der Waals surface area contributed by atoms with Crippen molar-refractivity contribution >= 4 is 17.2 Å². The van der Waals surface area contributed by atoms with E-state index in [1.165, 1.54) is 10.6 Å². The minimum absolute atomic E-state index is 0.00222. The first-order valence-corrected chi connectivity index (χ1v) is 9.07. The summed E-state index contributed by atoms with van der Waals surface area (Å²) in [6, 6.07) is 7.71. The van der Waals surface area contributed by atoms with Crippen LogP contribution in [0.2, 0.25) is 0 Å². The van der Waals surface area contributed by atoms with Gasteiger partial charge in [0.05, 0.1) is 23.0 Å². The Labute approximate surface area is 143 Å². The van der Waals surface area contributed by atoms with E-state index in [4.69, 9.17) is 9.40 Å². The van der Waals surface area contributed by atoms with Crippen molar-refractivity contribution in [3.8, 4) is 10.6 Å². The topological polar surface area (TPSA) is 51.3 Å². The average molecular weight is 339 g/mol. The van der Waals surface area contributed by atoms with Crippen molar-refractivity contribution in [2.24, 2.45) is 0 Å². The Balaban J connectivity index is 1.45. The maximum Gasteiger partial charge on any atom is 0.289 e. The molecule has 3 aromatic heterocycles. The van der Waals surface area contributed by atoms with E-state index in [9.17, 15) is 4.79 Å². The zero-order chi connectivity index (χ0) is 16.1. The molecule has 5 heterocycles. The molecule has 1 amide bonds. The number of furan rings is 1. The van der Waals surface area contributed by atoms with Crippen molar-refractivity contribution in [2.75, 3.05) is 13.1 Å². The van der Waals surface area contributed by atoms with Gasteiger partial charge < -0.3 is 13.9 Å². The fraction of sp³-hybridized carbons (Fsp3) is 0.333. The number of hydrogen-bond donors (Lipinski definition) is 0. The van der Waals surface area contributed by atoms with Crippen LogP contribution in [0.15, 0.2) is 46.5 Å². The molecule has 24 heavy (non-hydrogen) atoms. The van der Waals surface area contributed by atoms with Crippen LogP contribution in [0.1, 0.15) is 29.2 Å². The van der Waals surface area contributed by atoms with Crippen LogP contribution in [0.3, 0.4) is 0 Å². The molecule has 122 valence electrons. The highest BCUT2D eigenvalue weighted by Gasteiger charge is 2.48. The predicted molar refractivity (Wildman–Crippen MR) is 91.1 cm³/mol. The lowest BCUT2D eigenvalue weighted by Gasteiger charge is -2.22. The highest BCUT2D eigenvalue weighted by Crippen LogP contribution is 2.44. The maximum absolute atomic E-state index is 12.6. The summed E-state index contributed by atoms with van der Waals surface area (Å²) in [6.07, 6.45) is 5.56. The number of thiophene rings is 1. The number of likely N-dealkylation sites (tertiary alicyclic amines) is 1. The van der Waals surface area contributed by atoms with Gasteiger partial charge in [0.25, 0.3) is 5.91 Å². The van der Waals surface area contributed by atoms with Crippen LogP contribution in [-0.4, -0.2) is 33.4 Å². The summed E-state index contributed by atoms with van der Waals surface area (Å²) in [5.74, 6) is 1.55. The normalized spacial score (nSPS) is 22.4. The number of aromatic nitrogens is 2. The molecule has 1 saturated heterocycles. The molecule has 0 N–H and O–H groups in total. The van der Waals surface area contributed by atoms with E-state index in [1.54, 1.807) is 29.7 Å². The molecule has 5 nitrogen and oxygen atoms in total. The summed E-state index contributed by atoms with van der Waals surface area (Å²) >= 11 is 1.74. The Hall–Kier alpha value is -2.34. The van der Waals surface area contributed by atoms with Crippen molar-refractivity contribution in [2.45, 2.75) is 24.8 Å². The van der Waals surface area contributed by atoms with E-state index in [0.717, 1.165) is 38.3 Å². The molecule has 0 unspecified atom stereocenters. The lowest BCUT2D eigenvalue weighted by Crippen LogP contribution is -2.33. The number of carbonyl (C=O) groups is 1. The highest BCUT2D eigenvalue weighted by molar-refractivity contribution is 7.13. The van der Waals surface area contributed by atoms with Crippen LogP contribution < -0.4 is 0 Å². The molecule has 0 radical (unpaired) electrons. The summed E-state index contributed by atoms with van der Waals surface area (Å²) in [4.78, 5) is 20.5. The summed E-state index contributed by atoms with van der Waals surface area (Å²) < 4.78 is 7.61. The van der Waals surface area contributed by atoms with Gasteiger partial charge in [0.2, 0.25) is 0 Å². The third-order valence-electron chi connectivity index (χ3n) is 5.29. The van der Waals surface area contributed by atoms with Crippen LogP contribution in [0.5, 0.6) is 0 Å². The molecule has 0 saturated carbocycles. The zero-order valence-electron chi connectivity index (χ0n) is 13.1. The van der Waals surface area contributed by atoms with Crippen LogP contribution in [-0.2, 0) is 12.0 Å². The quantitative estimate of drug-likeness (QED) is 0.719. The third-order valence-corrected chi connectivity index (χ3v) is 6.18. The molecular formula is C18H17N3O2S. The molecule has 2 aliphatic heterocycles. The Morgan fingerprint density at radius 1 is 1.25 bits per heavy atom. The molecule has 1 fully saturated rings. The van der Waals surface area contributed by atoms with Crippen molar-refractivity contribution < 1.29 is 9.21 Å². The molecule has 1 atom stereocenters. The maximum atomic E-state index is 12.6. The van der Waals surface area contributed by atoms with Gasteiger partial charge in [0, 0.05) is 25.0 Å². The molecule has 3 aromatic rings. The summed E-state index contributed by atoms with van der Waals surface area (Å²) in [7, 11) is 0. The van der Waals surface area contributed by atoms with Gasteiger partial charge in [-0.25, -0.2) is 4.98 Å². The standard InChI is InChI=1S/C18H17N3O2S/c22-16(14-3-1-9-23-14)20-7-5-18(12-20)6-8-21-13(11-19-17(18)21)15-4-2-10-24-15/h1-4,9-11H,5-8,12H2/t18-/m0/s1. The number of amides is 1. The van der Waals surface area contributed by atoms with Gasteiger partial charge in [-0.15, -0.1) is 11.3 Å². The molecule has 5 rings (SSSR count). The van der Waals surface area contributed by atoms with Gasteiger partial charge in [-0.2, -0.15) is 0 Å². The van der Waals surface area contributed by atoms with Gasteiger partial charge in [-0.05, 0) is 36.4 Å². The second kappa shape index (κ2) is 5.08. The molecule has 2 aliphatic rings. The van der Waals surface area contributed by atoms with Crippen molar-refractivity contribution in [1.29, 1.82) is 0 Å². The zero-order valence-corrected chi connectivity index (χ0v) is 14.0. The first kappa shape index (κ1) is 14.0. The molecule has 1 spiro atoms. The van der Waals surface area contributed by atoms with E-state index in [2.05, 4.69) is 22.1 Å². The Morgan fingerprint density at radius 2 is 2.17 bits per heavy atom. The van der Waals surface area contributed by atoms with Crippen LogP contribution in [0.4, 0.5) is 0 Å². The third kappa shape index (κ3) is 1.92. The molecule has 0 aliphatic carbocycles. The minimum atomic E-state index is -0.0136. The van der Waals surface area contributed by atoms with Crippen LogP contribution in [0, 0.1) is 0 Å². The van der Waals surface area contributed by atoms with E-state index >= 15 is 0 Å². The number of nitrogens with zero attached hydrogens (tertiary/aromatic N) is 3. The number of rotatable bonds is 2. The van der Waals surface area contributed by atoms with Crippen LogP contribution in [0.25, 0.3) is 10.6 Å². The van der Waals surface area contributed by atoms with Gasteiger partial charge in [-0.3, -0.25) is 4.79 Å². The van der Waals surface area contributed by atoms with Crippen molar-refractivity contribution in [3.63, 3.8) is 0 Å². The first-order chi connectivity index (χ1) is 11.8. The highest BCUT2D eigenvalue weighted by atomic mass is 32.1. The summed E-state index contributed by atoms with van der Waals surface area (Å²) in [6.45, 7) is 2.47. The van der Waals surface area contributed by atoms with Crippen molar-refractivity contribution in [1.82, 2.24) is 14.5 Å². The molecule has 0 aromatic carbocycles. The molecular weight excluding hydrogens is 322 g/mol. The Kier molecular flexibility index (Phi) is 2.97. The number of fused-ring (bicyclic) bond motifs is 2. The first-order valence-electron chi connectivity index (χ1n) is 8.20. The number of hydrogen-bond acceptors (Lipinski definition) is 4. The summed E-state index contributed by atoms with van der Waals surface area (Å²) in [5.41, 5.74) is 1.20. The largest absolute Gasteiger partial charge is 0.459 e.